The molecule has 0 aliphatic carbocycles. The van der Waals surface area contributed by atoms with Crippen molar-refractivity contribution in [2.75, 3.05) is 26.1 Å². The first-order chi connectivity index (χ1) is 6.18. The Balaban J connectivity index is 2.26. The van der Waals surface area contributed by atoms with Gasteiger partial charge in [-0.25, -0.2) is 9.89 Å². The van der Waals surface area contributed by atoms with Crippen molar-refractivity contribution in [3.05, 3.63) is 0 Å². The fourth-order valence-corrected chi connectivity index (χ4v) is 0.594. The van der Waals surface area contributed by atoms with Gasteiger partial charge >= 0.3 is 6.03 Å². The van der Waals surface area contributed by atoms with Crippen LogP contribution in [-0.2, 0) is 0 Å². The van der Waals surface area contributed by atoms with Gasteiger partial charge in [-0.15, -0.1) is 0 Å². The van der Waals surface area contributed by atoms with Gasteiger partial charge in [0.05, 0.1) is 6.67 Å². The number of carbonyl (C=O) groups is 1. The second kappa shape index (κ2) is 4.36. The highest BCUT2D eigenvalue weighted by Gasteiger charge is 2.02. The van der Waals surface area contributed by atoms with E-state index in [1.165, 1.54) is 0 Å². The Bertz CT molecular complexity index is 256. The predicted molar refractivity (Wildman–Crippen MR) is 44.9 cm³/mol. The molecule has 0 fully saturated rings. The highest BCUT2D eigenvalue weighted by Crippen LogP contribution is 1.88. The van der Waals surface area contributed by atoms with Crippen LogP contribution in [0.15, 0.2) is 0 Å². The molecule has 2 amide bonds. The summed E-state index contributed by atoms with van der Waals surface area (Å²) in [5.74, 6) is 0.219. The third-order valence-electron chi connectivity index (χ3n) is 1.13. The molecule has 8 nitrogen and oxygen atoms in total. The Morgan fingerprint density at radius 2 is 2.38 bits per heavy atom. The molecule has 0 aromatic carbocycles. The summed E-state index contributed by atoms with van der Waals surface area (Å²) in [6, 6.07) is -0.354. The molecular formula is C5H11N7O. The third kappa shape index (κ3) is 3.47. The number of amides is 2. The fourth-order valence-electron chi connectivity index (χ4n) is 0.594. The van der Waals surface area contributed by atoms with E-state index in [2.05, 4.69) is 31.3 Å². The minimum atomic E-state index is -0.354. The maximum Gasteiger partial charge on any atom is 0.322 e. The second-order valence-electron chi connectivity index (χ2n) is 2.62. The van der Waals surface area contributed by atoms with Crippen LogP contribution >= 0.6 is 0 Å². The van der Waals surface area contributed by atoms with E-state index in [-0.39, 0.29) is 12.0 Å². The average molecular weight is 185 g/mol. The number of nitrogens with zero attached hydrogens (tertiary/aromatic N) is 4. The molecule has 0 saturated heterocycles. The van der Waals surface area contributed by atoms with Crippen LogP contribution in [0, 0.1) is 0 Å². The van der Waals surface area contributed by atoms with Gasteiger partial charge in [-0.05, 0) is 24.5 Å². The largest absolute Gasteiger partial charge is 0.325 e. The summed E-state index contributed by atoms with van der Waals surface area (Å²) in [6.45, 7) is 0.452. The predicted octanol–water partition coefficient (Wildman–Crippen LogP) is -1.16. The van der Waals surface area contributed by atoms with Gasteiger partial charge in [-0.1, -0.05) is 5.10 Å². The molecule has 1 aromatic rings. The van der Waals surface area contributed by atoms with E-state index in [9.17, 15) is 4.79 Å². The summed E-state index contributed by atoms with van der Waals surface area (Å²) < 4.78 is 0. The zero-order valence-electron chi connectivity index (χ0n) is 7.40. The van der Waals surface area contributed by atoms with Crippen molar-refractivity contribution in [1.82, 2.24) is 30.8 Å². The number of aromatic amines is 1. The van der Waals surface area contributed by atoms with Crippen molar-refractivity contribution >= 4 is 12.0 Å². The van der Waals surface area contributed by atoms with E-state index >= 15 is 0 Å². The molecular weight excluding hydrogens is 174 g/mol. The van der Waals surface area contributed by atoms with Crippen molar-refractivity contribution in [1.29, 1.82) is 0 Å². The highest BCUT2D eigenvalue weighted by molar-refractivity contribution is 5.86. The Hall–Kier alpha value is -1.70. The van der Waals surface area contributed by atoms with Crippen LogP contribution in [0.1, 0.15) is 0 Å². The van der Waals surface area contributed by atoms with E-state index in [4.69, 9.17) is 0 Å². The van der Waals surface area contributed by atoms with Gasteiger partial charge in [-0.3, -0.25) is 10.2 Å². The van der Waals surface area contributed by atoms with E-state index in [1.54, 1.807) is 0 Å². The van der Waals surface area contributed by atoms with Crippen molar-refractivity contribution < 1.29 is 4.79 Å². The number of rotatable bonds is 3. The molecule has 0 spiro atoms. The maximum atomic E-state index is 11.1. The van der Waals surface area contributed by atoms with Crippen LogP contribution in [-0.4, -0.2) is 52.3 Å². The van der Waals surface area contributed by atoms with Crippen molar-refractivity contribution in [3.63, 3.8) is 0 Å². The van der Waals surface area contributed by atoms with Crippen molar-refractivity contribution in [2.24, 2.45) is 0 Å². The molecule has 0 atom stereocenters. The first-order valence-corrected chi connectivity index (χ1v) is 3.62. The van der Waals surface area contributed by atoms with Gasteiger partial charge in [-0.2, -0.15) is 0 Å². The number of H-pyrrole nitrogens is 1. The van der Waals surface area contributed by atoms with E-state index < -0.39 is 0 Å². The third-order valence-corrected chi connectivity index (χ3v) is 1.13. The van der Waals surface area contributed by atoms with Gasteiger partial charge in [0.15, 0.2) is 0 Å². The van der Waals surface area contributed by atoms with E-state index in [0.717, 1.165) is 0 Å². The molecule has 0 radical (unpaired) electrons. The van der Waals surface area contributed by atoms with Crippen LogP contribution in [0.4, 0.5) is 10.7 Å². The van der Waals surface area contributed by atoms with E-state index in [0.29, 0.717) is 6.67 Å². The number of hydrogen-bond donors (Lipinski definition) is 3. The number of hydrogen-bond acceptors (Lipinski definition) is 5. The zero-order valence-corrected chi connectivity index (χ0v) is 7.40. The molecule has 0 aliphatic heterocycles. The van der Waals surface area contributed by atoms with E-state index in [1.807, 2.05) is 19.0 Å². The molecule has 1 aromatic heterocycles. The zero-order chi connectivity index (χ0) is 9.68. The first-order valence-electron chi connectivity index (χ1n) is 3.62. The molecule has 3 N–H and O–H groups in total. The standard InChI is InChI=1S/C5H11N7O/c1-12(2)3-6-5(13)7-4-8-10-11-9-4/h3H2,1-2H3,(H3,6,7,8,9,10,11,13). The number of anilines is 1. The smallest absolute Gasteiger partial charge is 0.322 e. The number of carbonyl (C=O) groups excluding carboxylic acids is 1. The van der Waals surface area contributed by atoms with Crippen LogP contribution < -0.4 is 10.6 Å². The monoisotopic (exact) mass is 185 g/mol. The molecule has 0 aliphatic rings. The molecule has 8 heteroatoms. The molecule has 72 valence electrons. The lowest BCUT2D eigenvalue weighted by Crippen LogP contribution is -2.36. The Morgan fingerprint density at radius 3 is 2.92 bits per heavy atom. The summed E-state index contributed by atoms with van der Waals surface area (Å²) in [4.78, 5) is 12.9. The van der Waals surface area contributed by atoms with Gasteiger partial charge in [0.1, 0.15) is 0 Å². The topological polar surface area (TPSA) is 98.8 Å². The molecule has 1 heterocycles. The average Bonchev–Trinajstić information content (AvgIpc) is 2.53. The Morgan fingerprint density at radius 1 is 1.62 bits per heavy atom. The fraction of sp³-hybridized carbons (Fsp3) is 0.600. The summed E-state index contributed by atoms with van der Waals surface area (Å²) in [6.07, 6.45) is 0. The maximum absolute atomic E-state index is 11.1. The second-order valence-corrected chi connectivity index (χ2v) is 2.62. The SMILES string of the molecule is CN(C)CNC(=O)Nc1nnn[nH]1. The Labute approximate surface area is 74.7 Å². The lowest BCUT2D eigenvalue weighted by atomic mass is 10.8. The minimum absolute atomic E-state index is 0.219. The van der Waals surface area contributed by atoms with Crippen molar-refractivity contribution in [2.45, 2.75) is 0 Å². The summed E-state index contributed by atoms with van der Waals surface area (Å²) in [5, 5.41) is 17.5. The molecule has 0 saturated carbocycles. The number of nitrogens with one attached hydrogen (secondary N) is 3. The van der Waals surface area contributed by atoms with Crippen molar-refractivity contribution in [3.8, 4) is 0 Å². The van der Waals surface area contributed by atoms with Gasteiger partial charge in [0.2, 0.25) is 5.95 Å². The van der Waals surface area contributed by atoms with Crippen LogP contribution in [0.3, 0.4) is 0 Å². The molecule has 13 heavy (non-hydrogen) atoms. The Kier molecular flexibility index (Phi) is 3.15. The molecule has 0 unspecified atom stereocenters. The number of tetrazole rings is 1. The lowest BCUT2D eigenvalue weighted by molar-refractivity contribution is 0.245. The number of urea groups is 1. The quantitative estimate of drug-likeness (QED) is 0.516. The normalized spacial score (nSPS) is 10.1. The minimum Gasteiger partial charge on any atom is -0.325 e. The van der Waals surface area contributed by atoms with Crippen LogP contribution in [0.2, 0.25) is 0 Å². The molecule has 0 bridgehead atoms. The molecule has 1 rings (SSSR count). The number of aromatic nitrogens is 4. The van der Waals surface area contributed by atoms with Gasteiger partial charge in [0.25, 0.3) is 0 Å². The highest BCUT2D eigenvalue weighted by atomic mass is 16.2. The summed E-state index contributed by atoms with van der Waals surface area (Å²) in [7, 11) is 3.69. The lowest BCUT2D eigenvalue weighted by Gasteiger charge is -2.10. The van der Waals surface area contributed by atoms with Gasteiger partial charge in [0, 0.05) is 0 Å². The summed E-state index contributed by atoms with van der Waals surface area (Å²) in [5.41, 5.74) is 0. The van der Waals surface area contributed by atoms with Gasteiger partial charge < -0.3 is 5.32 Å². The first kappa shape index (κ1) is 9.39. The van der Waals surface area contributed by atoms with Crippen LogP contribution in [0.5, 0.6) is 0 Å². The van der Waals surface area contributed by atoms with Crippen LogP contribution in [0.25, 0.3) is 0 Å². The summed E-state index contributed by atoms with van der Waals surface area (Å²) >= 11 is 0.